The van der Waals surface area contributed by atoms with Gasteiger partial charge in [-0.2, -0.15) is 0 Å². The van der Waals surface area contributed by atoms with Gasteiger partial charge in [0.05, 0.1) is 31.3 Å². The van der Waals surface area contributed by atoms with Gasteiger partial charge in [0.25, 0.3) is 0 Å². The van der Waals surface area contributed by atoms with Crippen LogP contribution in [0.2, 0.25) is 15.1 Å². The molecule has 0 amide bonds. The summed E-state index contributed by atoms with van der Waals surface area (Å²) in [6.45, 7) is 3.32. The van der Waals surface area contributed by atoms with Gasteiger partial charge >= 0.3 is 0 Å². The Kier molecular flexibility index (Phi) is 7.06. The normalized spacial score (nSPS) is 12.2. The maximum atomic E-state index is 12.0. The van der Waals surface area contributed by atoms with Gasteiger partial charge in [0.1, 0.15) is 11.4 Å². The smallest absolute Gasteiger partial charge is 0.175 e. The molecule has 1 N–H and O–H groups in total. The second-order valence-corrected chi connectivity index (χ2v) is 12.0. The summed E-state index contributed by atoms with van der Waals surface area (Å²) in [6, 6.07) is 17.6. The first-order valence-corrected chi connectivity index (χ1v) is 13.7. The molecule has 0 atom stereocenters. The third-order valence-corrected chi connectivity index (χ3v) is 7.86. The lowest BCUT2D eigenvalue weighted by Gasteiger charge is -2.13. The van der Waals surface area contributed by atoms with Crippen molar-refractivity contribution in [3.05, 3.63) is 99.0 Å². The molecule has 0 unspecified atom stereocenters. The monoisotopic (exact) mass is 548 g/mol. The average Bonchev–Trinajstić information content (AvgIpc) is 3.20. The van der Waals surface area contributed by atoms with Gasteiger partial charge in [-0.3, -0.25) is 0 Å². The summed E-state index contributed by atoms with van der Waals surface area (Å²) in [5, 5.41) is 11.9. The molecule has 0 spiro atoms. The predicted molar refractivity (Wildman–Crippen MR) is 142 cm³/mol. The molecule has 0 bridgehead atoms. The second-order valence-electron chi connectivity index (χ2n) is 8.83. The summed E-state index contributed by atoms with van der Waals surface area (Å²) in [4.78, 5) is 4.91. The van der Waals surface area contributed by atoms with Crippen LogP contribution < -0.4 is 0 Å². The van der Waals surface area contributed by atoms with Crippen LogP contribution in [0.1, 0.15) is 30.9 Å². The highest BCUT2D eigenvalue weighted by atomic mass is 35.5. The fraction of sp³-hybridized carbons (Fsp3) is 0.192. The van der Waals surface area contributed by atoms with Gasteiger partial charge in [0.15, 0.2) is 9.84 Å². The van der Waals surface area contributed by atoms with E-state index in [2.05, 4.69) is 4.98 Å². The van der Waals surface area contributed by atoms with Crippen LogP contribution in [0.3, 0.4) is 0 Å². The van der Waals surface area contributed by atoms with Crippen LogP contribution in [0.25, 0.3) is 16.8 Å². The summed E-state index contributed by atoms with van der Waals surface area (Å²) >= 11 is 19.3. The number of aliphatic hydroxyl groups is 1. The molecule has 0 aliphatic carbocycles. The Labute approximate surface area is 219 Å². The summed E-state index contributed by atoms with van der Waals surface area (Å²) in [5.74, 6) is 0.625. The molecule has 0 fully saturated rings. The quantitative estimate of drug-likeness (QED) is 0.290. The standard InChI is InChI=1S/C26H23Cl3N2O3S/c1-26(2,32)23-15-31(24(30-23)14-18-7-5-9-20(27)25(18)29)22-11-10-17(13-21(22)28)16-6-4-8-19(12-16)35(3,33)34/h4-13,15,32H,14H2,1-3H3. The molecule has 0 saturated heterocycles. The van der Waals surface area contributed by atoms with Crippen LogP contribution >= 0.6 is 34.8 Å². The SMILES string of the molecule is CC(C)(O)c1cn(-c2ccc(-c3cccc(S(C)(=O)=O)c3)cc2Cl)c(Cc2cccc(Cl)c2Cl)n1. The first-order chi connectivity index (χ1) is 16.3. The van der Waals surface area contributed by atoms with E-state index in [9.17, 15) is 13.5 Å². The van der Waals surface area contributed by atoms with E-state index in [0.29, 0.717) is 38.7 Å². The summed E-state index contributed by atoms with van der Waals surface area (Å²) in [6.07, 6.45) is 3.29. The molecule has 182 valence electrons. The van der Waals surface area contributed by atoms with Crippen molar-refractivity contribution in [2.75, 3.05) is 6.26 Å². The number of hydrogen-bond donors (Lipinski definition) is 1. The second kappa shape index (κ2) is 9.60. The van der Waals surface area contributed by atoms with Crippen molar-refractivity contribution in [3.8, 4) is 16.8 Å². The summed E-state index contributed by atoms with van der Waals surface area (Å²) < 4.78 is 25.8. The molecule has 4 aromatic rings. The molecular formula is C26H23Cl3N2O3S. The summed E-state index contributed by atoms with van der Waals surface area (Å²) in [5.41, 5.74) is 2.26. The van der Waals surface area contributed by atoms with Gasteiger partial charge in [0.2, 0.25) is 0 Å². The van der Waals surface area contributed by atoms with Crippen molar-refractivity contribution in [3.63, 3.8) is 0 Å². The Morgan fingerprint density at radius 3 is 2.29 bits per heavy atom. The van der Waals surface area contributed by atoms with Crippen molar-refractivity contribution in [1.82, 2.24) is 9.55 Å². The number of benzene rings is 3. The van der Waals surface area contributed by atoms with Crippen molar-refractivity contribution >= 4 is 44.6 Å². The molecule has 3 aromatic carbocycles. The molecule has 0 aliphatic rings. The zero-order chi connectivity index (χ0) is 25.5. The minimum absolute atomic E-state index is 0.236. The van der Waals surface area contributed by atoms with E-state index in [-0.39, 0.29) is 4.90 Å². The fourth-order valence-corrected chi connectivity index (χ4v) is 5.02. The topological polar surface area (TPSA) is 72.2 Å². The molecule has 5 nitrogen and oxygen atoms in total. The van der Waals surface area contributed by atoms with Crippen molar-refractivity contribution in [1.29, 1.82) is 0 Å². The molecule has 0 saturated carbocycles. The van der Waals surface area contributed by atoms with E-state index < -0.39 is 15.4 Å². The van der Waals surface area contributed by atoms with Gasteiger partial charge in [-0.15, -0.1) is 0 Å². The maximum absolute atomic E-state index is 12.0. The molecule has 0 aliphatic heterocycles. The van der Waals surface area contributed by atoms with Crippen LogP contribution in [0.4, 0.5) is 0 Å². The van der Waals surface area contributed by atoms with E-state index in [1.54, 1.807) is 50.4 Å². The van der Waals surface area contributed by atoms with Crippen LogP contribution in [0.5, 0.6) is 0 Å². The largest absolute Gasteiger partial charge is 0.384 e. The lowest BCUT2D eigenvalue weighted by molar-refractivity contribution is 0.0741. The van der Waals surface area contributed by atoms with Crippen LogP contribution in [0, 0.1) is 0 Å². The zero-order valence-electron chi connectivity index (χ0n) is 19.3. The Balaban J connectivity index is 1.80. The van der Waals surface area contributed by atoms with E-state index in [0.717, 1.165) is 16.7 Å². The van der Waals surface area contributed by atoms with Crippen molar-refractivity contribution in [2.24, 2.45) is 0 Å². The zero-order valence-corrected chi connectivity index (χ0v) is 22.3. The lowest BCUT2D eigenvalue weighted by Crippen LogP contribution is -2.15. The molecule has 9 heteroatoms. The minimum Gasteiger partial charge on any atom is -0.384 e. The van der Waals surface area contributed by atoms with Gasteiger partial charge in [-0.25, -0.2) is 13.4 Å². The van der Waals surface area contributed by atoms with Gasteiger partial charge in [0, 0.05) is 18.9 Å². The third-order valence-electron chi connectivity index (χ3n) is 5.59. The Morgan fingerprint density at radius 2 is 1.63 bits per heavy atom. The first kappa shape index (κ1) is 25.7. The van der Waals surface area contributed by atoms with Gasteiger partial charge in [-0.1, -0.05) is 65.1 Å². The number of aromatic nitrogens is 2. The van der Waals surface area contributed by atoms with E-state index in [1.807, 2.05) is 34.9 Å². The van der Waals surface area contributed by atoms with Crippen molar-refractivity contribution < 1.29 is 13.5 Å². The number of hydrogen-bond acceptors (Lipinski definition) is 4. The fourth-order valence-electron chi connectivity index (χ4n) is 3.69. The van der Waals surface area contributed by atoms with E-state index >= 15 is 0 Å². The maximum Gasteiger partial charge on any atom is 0.175 e. The molecule has 1 heterocycles. The Bertz CT molecular complexity index is 1520. The molecular weight excluding hydrogens is 527 g/mol. The molecule has 4 rings (SSSR count). The van der Waals surface area contributed by atoms with Crippen molar-refractivity contribution in [2.45, 2.75) is 30.8 Å². The van der Waals surface area contributed by atoms with Crippen LogP contribution in [0.15, 0.2) is 71.8 Å². The molecule has 35 heavy (non-hydrogen) atoms. The predicted octanol–water partition coefficient (Wildman–Crippen LogP) is 6.72. The molecule has 0 radical (unpaired) electrons. The number of halogens is 3. The van der Waals surface area contributed by atoms with Gasteiger partial charge in [-0.05, 0) is 60.9 Å². The third kappa shape index (κ3) is 5.57. The highest BCUT2D eigenvalue weighted by Gasteiger charge is 2.24. The average molecular weight is 550 g/mol. The number of nitrogens with zero attached hydrogens (tertiary/aromatic N) is 2. The first-order valence-electron chi connectivity index (χ1n) is 10.7. The molecule has 1 aromatic heterocycles. The van der Waals surface area contributed by atoms with Gasteiger partial charge < -0.3 is 9.67 Å². The van der Waals surface area contributed by atoms with Crippen LogP contribution in [-0.4, -0.2) is 29.3 Å². The number of sulfone groups is 1. The minimum atomic E-state index is -3.34. The van der Waals surface area contributed by atoms with E-state index in [1.165, 1.54) is 6.26 Å². The summed E-state index contributed by atoms with van der Waals surface area (Å²) in [7, 11) is -3.34. The lowest BCUT2D eigenvalue weighted by atomic mass is 10.1. The Morgan fingerprint density at radius 1 is 0.943 bits per heavy atom. The Hall–Kier alpha value is -2.35. The number of rotatable bonds is 6. The number of imidazole rings is 1. The highest BCUT2D eigenvalue weighted by Crippen LogP contribution is 2.33. The van der Waals surface area contributed by atoms with Crippen LogP contribution in [-0.2, 0) is 21.9 Å². The van der Waals surface area contributed by atoms with E-state index in [4.69, 9.17) is 34.8 Å². The highest BCUT2D eigenvalue weighted by molar-refractivity contribution is 7.90.